The molecule has 0 bridgehead atoms. The van der Waals surface area contributed by atoms with E-state index in [2.05, 4.69) is 15.1 Å². The number of aromatic amines is 1. The van der Waals surface area contributed by atoms with Gasteiger partial charge in [-0.25, -0.2) is 4.98 Å². The van der Waals surface area contributed by atoms with Crippen molar-refractivity contribution in [3.63, 3.8) is 0 Å². The Kier molecular flexibility index (Phi) is 3.15. The molecule has 7 heteroatoms. The normalized spacial score (nSPS) is 11.3. The van der Waals surface area contributed by atoms with Crippen molar-refractivity contribution in [3.8, 4) is 0 Å². The smallest absolute Gasteiger partial charge is 0.259 e. The summed E-state index contributed by atoms with van der Waals surface area (Å²) in [7, 11) is 0. The van der Waals surface area contributed by atoms with E-state index in [1.807, 2.05) is 26.1 Å². The van der Waals surface area contributed by atoms with Gasteiger partial charge in [0.05, 0.1) is 17.6 Å². The van der Waals surface area contributed by atoms with E-state index in [4.69, 9.17) is 5.73 Å². The predicted molar refractivity (Wildman–Crippen MR) is 78.9 cm³/mol. The molecule has 0 radical (unpaired) electrons. The van der Waals surface area contributed by atoms with Gasteiger partial charge in [-0.15, -0.1) is 11.3 Å². The molecule has 0 atom stereocenters. The van der Waals surface area contributed by atoms with Crippen LogP contribution in [0.5, 0.6) is 0 Å². The Balaban J connectivity index is 1.99. The Bertz CT molecular complexity index is 829. The standard InChI is InChI=1S/C13H15N5OS/c1-7-3-10-12(19)15-11(16-13(10)20-7)6-18-5-9(4-14)8(2)17-18/h3,5H,4,6,14H2,1-2H3,(H,15,16,19). The molecule has 0 saturated heterocycles. The van der Waals surface area contributed by atoms with E-state index in [9.17, 15) is 4.79 Å². The van der Waals surface area contributed by atoms with Gasteiger partial charge >= 0.3 is 0 Å². The molecule has 20 heavy (non-hydrogen) atoms. The molecule has 0 saturated carbocycles. The van der Waals surface area contributed by atoms with Crippen LogP contribution in [0.15, 0.2) is 17.1 Å². The van der Waals surface area contributed by atoms with E-state index in [0.29, 0.717) is 24.3 Å². The number of H-pyrrole nitrogens is 1. The number of nitrogens with zero attached hydrogens (tertiary/aromatic N) is 3. The lowest BCUT2D eigenvalue weighted by Crippen LogP contribution is -2.13. The Hall–Kier alpha value is -1.99. The van der Waals surface area contributed by atoms with Crippen molar-refractivity contribution in [1.29, 1.82) is 0 Å². The van der Waals surface area contributed by atoms with Gasteiger partial charge in [-0.2, -0.15) is 5.10 Å². The minimum absolute atomic E-state index is 0.0997. The summed E-state index contributed by atoms with van der Waals surface area (Å²) in [5.41, 5.74) is 7.44. The van der Waals surface area contributed by atoms with E-state index in [1.54, 1.807) is 4.68 Å². The molecule has 0 aliphatic rings. The Morgan fingerprint density at radius 2 is 2.25 bits per heavy atom. The molecule has 0 aromatic carbocycles. The molecule has 3 heterocycles. The first-order valence-corrected chi connectivity index (χ1v) is 7.11. The number of hydrogen-bond acceptors (Lipinski definition) is 5. The van der Waals surface area contributed by atoms with E-state index in [-0.39, 0.29) is 5.56 Å². The van der Waals surface area contributed by atoms with Crippen LogP contribution in [0.25, 0.3) is 10.2 Å². The maximum atomic E-state index is 12.0. The van der Waals surface area contributed by atoms with Gasteiger partial charge in [0.15, 0.2) is 0 Å². The van der Waals surface area contributed by atoms with Crippen molar-refractivity contribution in [2.45, 2.75) is 26.9 Å². The van der Waals surface area contributed by atoms with Crippen LogP contribution in [0, 0.1) is 13.8 Å². The van der Waals surface area contributed by atoms with Crippen LogP contribution >= 0.6 is 11.3 Å². The monoisotopic (exact) mass is 289 g/mol. The van der Waals surface area contributed by atoms with E-state index in [1.165, 1.54) is 11.3 Å². The third-order valence-electron chi connectivity index (χ3n) is 3.15. The number of aryl methyl sites for hydroxylation is 2. The molecule has 0 spiro atoms. The maximum Gasteiger partial charge on any atom is 0.259 e. The molecular formula is C13H15N5OS. The van der Waals surface area contributed by atoms with Gasteiger partial charge in [-0.1, -0.05) is 0 Å². The second kappa shape index (κ2) is 4.84. The summed E-state index contributed by atoms with van der Waals surface area (Å²) in [6.45, 7) is 4.78. The highest BCUT2D eigenvalue weighted by Gasteiger charge is 2.09. The molecule has 3 rings (SSSR count). The van der Waals surface area contributed by atoms with Crippen LogP contribution in [0.1, 0.15) is 22.0 Å². The zero-order chi connectivity index (χ0) is 14.3. The average molecular weight is 289 g/mol. The van der Waals surface area contributed by atoms with Crippen LogP contribution in [-0.2, 0) is 13.1 Å². The highest BCUT2D eigenvalue weighted by atomic mass is 32.1. The number of hydrogen-bond donors (Lipinski definition) is 2. The number of rotatable bonds is 3. The molecule has 0 unspecified atom stereocenters. The second-order valence-electron chi connectivity index (χ2n) is 4.73. The minimum Gasteiger partial charge on any atom is -0.326 e. The Labute approximate surface area is 119 Å². The van der Waals surface area contributed by atoms with Crippen LogP contribution in [0.2, 0.25) is 0 Å². The van der Waals surface area contributed by atoms with E-state index in [0.717, 1.165) is 21.0 Å². The summed E-state index contributed by atoms with van der Waals surface area (Å²) >= 11 is 1.52. The zero-order valence-electron chi connectivity index (χ0n) is 11.3. The van der Waals surface area contributed by atoms with Gasteiger partial charge in [0.25, 0.3) is 5.56 Å². The van der Waals surface area contributed by atoms with Crippen molar-refractivity contribution in [2.24, 2.45) is 5.73 Å². The van der Waals surface area contributed by atoms with Crippen molar-refractivity contribution in [2.75, 3.05) is 0 Å². The second-order valence-corrected chi connectivity index (χ2v) is 5.96. The first kappa shape index (κ1) is 13.0. The lowest BCUT2D eigenvalue weighted by Gasteiger charge is -2.01. The largest absolute Gasteiger partial charge is 0.326 e. The van der Waals surface area contributed by atoms with E-state index >= 15 is 0 Å². The third kappa shape index (κ3) is 2.25. The van der Waals surface area contributed by atoms with Crippen LogP contribution < -0.4 is 11.3 Å². The first-order valence-electron chi connectivity index (χ1n) is 6.29. The topological polar surface area (TPSA) is 89.6 Å². The van der Waals surface area contributed by atoms with Gasteiger partial charge in [0, 0.05) is 23.2 Å². The SMILES string of the molecule is Cc1cc2c(=O)[nH]c(Cn3cc(CN)c(C)n3)nc2s1. The van der Waals surface area contributed by atoms with Gasteiger partial charge in [-0.3, -0.25) is 9.48 Å². The number of nitrogens with one attached hydrogen (secondary N) is 1. The van der Waals surface area contributed by atoms with Crippen LogP contribution in [0.4, 0.5) is 0 Å². The molecule has 3 aromatic rings. The molecule has 3 N–H and O–H groups in total. The number of aromatic nitrogens is 4. The number of nitrogens with two attached hydrogens (primary N) is 1. The number of fused-ring (bicyclic) bond motifs is 1. The molecule has 0 fully saturated rings. The van der Waals surface area contributed by atoms with Gasteiger partial charge in [0.2, 0.25) is 0 Å². The summed E-state index contributed by atoms with van der Waals surface area (Å²) in [6.07, 6.45) is 1.89. The van der Waals surface area contributed by atoms with Crippen molar-refractivity contribution in [3.05, 3.63) is 44.6 Å². The lowest BCUT2D eigenvalue weighted by atomic mass is 10.3. The minimum atomic E-state index is -0.0997. The van der Waals surface area contributed by atoms with Gasteiger partial charge in [0.1, 0.15) is 10.7 Å². The molecule has 104 valence electrons. The quantitative estimate of drug-likeness (QED) is 0.760. The van der Waals surface area contributed by atoms with Crippen molar-refractivity contribution < 1.29 is 0 Å². The summed E-state index contributed by atoms with van der Waals surface area (Å²) < 4.78 is 1.75. The molecular weight excluding hydrogens is 274 g/mol. The molecule has 0 aliphatic carbocycles. The number of thiophene rings is 1. The summed E-state index contributed by atoms with van der Waals surface area (Å²) in [6, 6.07) is 1.86. The van der Waals surface area contributed by atoms with E-state index < -0.39 is 0 Å². The summed E-state index contributed by atoms with van der Waals surface area (Å²) in [5.74, 6) is 0.607. The van der Waals surface area contributed by atoms with Crippen LogP contribution in [-0.4, -0.2) is 19.7 Å². The first-order chi connectivity index (χ1) is 9.56. The Morgan fingerprint density at radius 1 is 1.45 bits per heavy atom. The molecule has 6 nitrogen and oxygen atoms in total. The fraction of sp³-hybridized carbons (Fsp3) is 0.308. The summed E-state index contributed by atoms with van der Waals surface area (Å²) in [5, 5.41) is 5.02. The molecule has 3 aromatic heterocycles. The molecule has 0 aliphatic heterocycles. The lowest BCUT2D eigenvalue weighted by molar-refractivity contribution is 0.650. The molecule has 0 amide bonds. The van der Waals surface area contributed by atoms with Crippen LogP contribution in [0.3, 0.4) is 0 Å². The van der Waals surface area contributed by atoms with Gasteiger partial charge < -0.3 is 10.7 Å². The van der Waals surface area contributed by atoms with Gasteiger partial charge in [-0.05, 0) is 19.9 Å². The zero-order valence-corrected chi connectivity index (χ0v) is 12.1. The maximum absolute atomic E-state index is 12.0. The van der Waals surface area contributed by atoms with Crippen molar-refractivity contribution in [1.82, 2.24) is 19.7 Å². The highest BCUT2D eigenvalue weighted by Crippen LogP contribution is 2.19. The van der Waals surface area contributed by atoms with Crippen molar-refractivity contribution >= 4 is 21.6 Å². The average Bonchev–Trinajstić information content (AvgIpc) is 2.92. The third-order valence-corrected chi connectivity index (χ3v) is 4.10. The Morgan fingerprint density at radius 3 is 2.95 bits per heavy atom. The fourth-order valence-electron chi connectivity index (χ4n) is 2.17. The fourth-order valence-corrected chi connectivity index (χ4v) is 3.06. The predicted octanol–water partition coefficient (Wildman–Crippen LogP) is 1.30. The highest BCUT2D eigenvalue weighted by molar-refractivity contribution is 7.18. The summed E-state index contributed by atoms with van der Waals surface area (Å²) in [4.78, 5) is 21.1.